The number of sulfonamides is 1. The third-order valence-corrected chi connectivity index (χ3v) is 6.08. The first-order valence-electron chi connectivity index (χ1n) is 8.27. The van der Waals surface area contributed by atoms with Gasteiger partial charge in [-0.15, -0.1) is 0 Å². The number of hydrogen-bond donors (Lipinski definition) is 0. The molecule has 0 spiro atoms. The number of likely N-dealkylation sites (N-methyl/N-ethyl adjacent to an activating group) is 1. The van der Waals surface area contributed by atoms with Crippen LogP contribution in [0.25, 0.3) is 11.3 Å². The van der Waals surface area contributed by atoms with E-state index in [-0.39, 0.29) is 4.90 Å². The van der Waals surface area contributed by atoms with Crippen molar-refractivity contribution in [3.05, 3.63) is 66.0 Å². The molecule has 0 radical (unpaired) electrons. The van der Waals surface area contributed by atoms with E-state index in [0.29, 0.717) is 24.6 Å². The lowest BCUT2D eigenvalue weighted by atomic mass is 10.1. The van der Waals surface area contributed by atoms with Gasteiger partial charge >= 0.3 is 0 Å². The van der Waals surface area contributed by atoms with Crippen LogP contribution in [-0.4, -0.2) is 36.3 Å². The van der Waals surface area contributed by atoms with Crippen molar-refractivity contribution in [3.63, 3.8) is 0 Å². The molecule has 0 saturated heterocycles. The van der Waals surface area contributed by atoms with Crippen LogP contribution in [0.3, 0.4) is 0 Å². The summed E-state index contributed by atoms with van der Waals surface area (Å²) in [5.41, 5.74) is 2.62. The summed E-state index contributed by atoms with van der Waals surface area (Å²) in [6, 6.07) is 10.5. The van der Waals surface area contributed by atoms with Crippen LogP contribution >= 0.6 is 0 Å². The Labute approximate surface area is 153 Å². The van der Waals surface area contributed by atoms with Crippen LogP contribution in [0.1, 0.15) is 17.2 Å². The van der Waals surface area contributed by atoms with E-state index in [1.54, 1.807) is 50.6 Å². The quantitative estimate of drug-likeness (QED) is 0.665. The molecule has 0 N–H and O–H groups in total. The summed E-state index contributed by atoms with van der Waals surface area (Å²) in [5.74, 6) is 1.30. The first kappa shape index (κ1) is 18.3. The Morgan fingerprint density at radius 3 is 2.27 bits per heavy atom. The summed E-state index contributed by atoms with van der Waals surface area (Å²) in [6.45, 7) is 4.02. The van der Waals surface area contributed by atoms with Gasteiger partial charge in [-0.2, -0.15) is 0 Å². The van der Waals surface area contributed by atoms with Crippen molar-refractivity contribution in [1.82, 2.24) is 14.3 Å². The number of aryl methyl sites for hydroxylation is 2. The van der Waals surface area contributed by atoms with Crippen LogP contribution < -0.4 is 0 Å². The van der Waals surface area contributed by atoms with Crippen LogP contribution in [0, 0.1) is 13.8 Å². The van der Waals surface area contributed by atoms with Crippen molar-refractivity contribution in [2.45, 2.75) is 25.2 Å². The van der Waals surface area contributed by atoms with Gasteiger partial charge in [0.15, 0.2) is 5.89 Å². The molecule has 0 saturated carbocycles. The van der Waals surface area contributed by atoms with E-state index in [1.807, 2.05) is 19.1 Å². The number of aromatic nitrogens is 2. The molecular formula is C19H21N3O3S. The van der Waals surface area contributed by atoms with E-state index in [0.717, 1.165) is 16.8 Å². The summed E-state index contributed by atoms with van der Waals surface area (Å²) in [4.78, 5) is 8.57. The minimum Gasteiger partial charge on any atom is -0.446 e. The molecule has 26 heavy (non-hydrogen) atoms. The van der Waals surface area contributed by atoms with Gasteiger partial charge in [0.1, 0.15) is 11.5 Å². The maximum atomic E-state index is 12.8. The molecule has 0 aliphatic carbocycles. The Balaban J connectivity index is 1.75. The minimum atomic E-state index is -3.54. The fraction of sp³-hybridized carbons (Fsp3) is 0.263. The Kier molecular flexibility index (Phi) is 5.20. The van der Waals surface area contributed by atoms with Crippen LogP contribution in [-0.2, 0) is 16.4 Å². The largest absolute Gasteiger partial charge is 0.446 e. The van der Waals surface area contributed by atoms with Gasteiger partial charge in [-0.05, 0) is 43.2 Å². The number of rotatable bonds is 6. The summed E-state index contributed by atoms with van der Waals surface area (Å²) < 4.78 is 32.3. The third-order valence-electron chi connectivity index (χ3n) is 4.20. The Bertz CT molecular complexity index is 981. The molecule has 0 aliphatic rings. The van der Waals surface area contributed by atoms with Crippen LogP contribution in [0.2, 0.25) is 0 Å². The van der Waals surface area contributed by atoms with Gasteiger partial charge in [0, 0.05) is 38.5 Å². The van der Waals surface area contributed by atoms with Crippen molar-refractivity contribution in [3.8, 4) is 11.3 Å². The molecule has 0 atom stereocenters. The van der Waals surface area contributed by atoms with E-state index in [9.17, 15) is 8.42 Å². The third kappa shape index (κ3) is 3.84. The van der Waals surface area contributed by atoms with Gasteiger partial charge < -0.3 is 4.42 Å². The lowest BCUT2D eigenvalue weighted by Crippen LogP contribution is -2.29. The molecule has 0 bridgehead atoms. The number of hydrogen-bond acceptors (Lipinski definition) is 5. The van der Waals surface area contributed by atoms with Crippen LogP contribution in [0.5, 0.6) is 0 Å². The molecule has 136 valence electrons. The number of oxazole rings is 1. The highest BCUT2D eigenvalue weighted by Crippen LogP contribution is 2.25. The van der Waals surface area contributed by atoms with Crippen LogP contribution in [0.4, 0.5) is 0 Å². The van der Waals surface area contributed by atoms with Crippen molar-refractivity contribution in [1.29, 1.82) is 0 Å². The average molecular weight is 371 g/mol. The van der Waals surface area contributed by atoms with Gasteiger partial charge in [0.2, 0.25) is 10.0 Å². The first-order valence-corrected chi connectivity index (χ1v) is 9.71. The van der Waals surface area contributed by atoms with Crippen molar-refractivity contribution in [2.75, 3.05) is 13.6 Å². The number of benzene rings is 1. The van der Waals surface area contributed by atoms with Gasteiger partial charge in [-0.1, -0.05) is 12.1 Å². The Morgan fingerprint density at radius 1 is 1.04 bits per heavy atom. The number of nitrogens with zero attached hydrogens (tertiary/aromatic N) is 3. The second kappa shape index (κ2) is 7.39. The van der Waals surface area contributed by atoms with Gasteiger partial charge in [-0.25, -0.2) is 17.7 Å². The lowest BCUT2D eigenvalue weighted by Gasteiger charge is -2.17. The molecule has 0 amide bonds. The Morgan fingerprint density at radius 2 is 1.69 bits per heavy atom. The van der Waals surface area contributed by atoms with E-state index in [1.165, 1.54) is 4.31 Å². The predicted octanol–water partition coefficient (Wildman–Crippen LogP) is 3.22. The van der Waals surface area contributed by atoms with Crippen molar-refractivity contribution in [2.24, 2.45) is 0 Å². The molecule has 3 aromatic rings. The zero-order valence-corrected chi connectivity index (χ0v) is 15.8. The van der Waals surface area contributed by atoms with E-state index < -0.39 is 10.0 Å². The van der Waals surface area contributed by atoms with Gasteiger partial charge in [-0.3, -0.25) is 4.98 Å². The molecule has 0 fully saturated rings. The zero-order valence-electron chi connectivity index (χ0n) is 15.0. The molecule has 2 aromatic heterocycles. The highest BCUT2D eigenvalue weighted by Gasteiger charge is 2.21. The molecule has 1 aromatic carbocycles. The van der Waals surface area contributed by atoms with E-state index in [4.69, 9.17) is 4.42 Å². The summed E-state index contributed by atoms with van der Waals surface area (Å²) >= 11 is 0. The molecular weight excluding hydrogens is 350 g/mol. The highest BCUT2D eigenvalue weighted by atomic mass is 32.2. The van der Waals surface area contributed by atoms with Crippen molar-refractivity contribution < 1.29 is 12.8 Å². The number of pyridine rings is 1. The second-order valence-corrected chi connectivity index (χ2v) is 8.14. The molecule has 0 aliphatic heterocycles. The monoisotopic (exact) mass is 371 g/mol. The van der Waals surface area contributed by atoms with Gasteiger partial charge in [0.05, 0.1) is 4.90 Å². The smallest absolute Gasteiger partial charge is 0.242 e. The standard InChI is InChI=1S/C19H21N3O3S/c1-14-19(21-15(2)25-14)17-4-6-18(7-5-17)26(23,24)22(3)13-10-16-8-11-20-12-9-16/h4-9,11-12H,10,13H2,1-3H3. The fourth-order valence-electron chi connectivity index (χ4n) is 2.72. The normalized spacial score (nSPS) is 11.8. The topological polar surface area (TPSA) is 76.3 Å². The molecule has 0 unspecified atom stereocenters. The minimum absolute atomic E-state index is 0.261. The maximum Gasteiger partial charge on any atom is 0.242 e. The SMILES string of the molecule is Cc1nc(-c2ccc(S(=O)(=O)N(C)CCc3ccncc3)cc2)c(C)o1. The summed E-state index contributed by atoms with van der Waals surface area (Å²) in [6.07, 6.45) is 4.04. The highest BCUT2D eigenvalue weighted by molar-refractivity contribution is 7.89. The van der Waals surface area contributed by atoms with Crippen LogP contribution in [0.15, 0.2) is 58.1 Å². The maximum absolute atomic E-state index is 12.8. The lowest BCUT2D eigenvalue weighted by molar-refractivity contribution is 0.472. The van der Waals surface area contributed by atoms with E-state index >= 15 is 0 Å². The predicted molar refractivity (Wildman–Crippen MR) is 99.2 cm³/mol. The first-order chi connectivity index (χ1) is 12.4. The van der Waals surface area contributed by atoms with Gasteiger partial charge in [0.25, 0.3) is 0 Å². The Hall–Kier alpha value is -2.51. The zero-order chi connectivity index (χ0) is 18.7. The second-order valence-electron chi connectivity index (χ2n) is 6.09. The summed E-state index contributed by atoms with van der Waals surface area (Å²) in [7, 11) is -1.95. The molecule has 7 heteroatoms. The van der Waals surface area contributed by atoms with E-state index in [2.05, 4.69) is 9.97 Å². The molecule has 3 rings (SSSR count). The summed E-state index contributed by atoms with van der Waals surface area (Å²) in [5, 5.41) is 0. The van der Waals surface area contributed by atoms with Crippen molar-refractivity contribution >= 4 is 10.0 Å². The average Bonchev–Trinajstić information content (AvgIpc) is 2.98. The molecule has 6 nitrogen and oxygen atoms in total. The molecule has 2 heterocycles. The fourth-order valence-corrected chi connectivity index (χ4v) is 3.89.